The fourth-order valence-electron chi connectivity index (χ4n) is 2.06. The van der Waals surface area contributed by atoms with Crippen LogP contribution in [-0.2, 0) is 0 Å². The number of rotatable bonds is 2. The first-order chi connectivity index (χ1) is 7.70. The molecule has 1 nitrogen and oxygen atoms in total. The summed E-state index contributed by atoms with van der Waals surface area (Å²) in [6.45, 7) is 0. The van der Waals surface area contributed by atoms with E-state index in [2.05, 4.69) is 0 Å². The highest BCUT2D eigenvalue weighted by Gasteiger charge is 2.26. The molecule has 1 fully saturated rings. The Balaban J connectivity index is 2.22. The summed E-state index contributed by atoms with van der Waals surface area (Å²) in [6, 6.07) is 3.37. The fraction of sp³-hybridized carbons (Fsp3) is 0.500. The number of nitrogens with two attached hydrogens (primary N) is 1. The first-order valence-corrected chi connectivity index (χ1v) is 6.56. The van der Waals surface area contributed by atoms with Gasteiger partial charge in [0, 0.05) is 16.9 Å². The molecule has 1 aliphatic heterocycles. The molecule has 1 saturated heterocycles. The summed E-state index contributed by atoms with van der Waals surface area (Å²) in [5.74, 6) is -0.0219. The molecule has 2 atom stereocenters. The summed E-state index contributed by atoms with van der Waals surface area (Å²) in [6.07, 6.45) is 3.22. The summed E-state index contributed by atoms with van der Waals surface area (Å²) in [5.41, 5.74) is 6.01. The van der Waals surface area contributed by atoms with E-state index in [9.17, 15) is 8.78 Å². The van der Waals surface area contributed by atoms with Gasteiger partial charge in [-0.05, 0) is 30.7 Å². The first kappa shape index (κ1) is 11.9. The van der Waals surface area contributed by atoms with E-state index in [0.29, 0.717) is 0 Å². The molecule has 2 N–H and O–H groups in total. The first-order valence-electron chi connectivity index (χ1n) is 5.51. The zero-order valence-electron chi connectivity index (χ0n) is 8.96. The number of benzene rings is 1. The molecule has 1 aromatic rings. The van der Waals surface area contributed by atoms with E-state index >= 15 is 0 Å². The van der Waals surface area contributed by atoms with Crippen molar-refractivity contribution in [3.8, 4) is 0 Å². The number of thioether (sulfide) groups is 1. The van der Waals surface area contributed by atoms with Crippen molar-refractivity contribution < 1.29 is 8.78 Å². The molecule has 4 heteroatoms. The second-order valence-corrected chi connectivity index (χ2v) is 5.41. The van der Waals surface area contributed by atoms with Gasteiger partial charge in [0.15, 0.2) is 0 Å². The average molecular weight is 243 g/mol. The van der Waals surface area contributed by atoms with E-state index in [4.69, 9.17) is 5.73 Å². The molecule has 0 saturated carbocycles. The molecule has 0 aliphatic carbocycles. The normalized spacial score (nSPS) is 23.1. The molecular weight excluding hydrogens is 228 g/mol. The van der Waals surface area contributed by atoms with Gasteiger partial charge in [-0.2, -0.15) is 11.8 Å². The van der Waals surface area contributed by atoms with Crippen LogP contribution >= 0.6 is 11.8 Å². The smallest absolute Gasteiger partial charge is 0.130 e. The monoisotopic (exact) mass is 243 g/mol. The lowest BCUT2D eigenvalue weighted by molar-refractivity contribution is 0.500. The fourth-order valence-corrected chi connectivity index (χ4v) is 3.41. The Bertz CT molecular complexity index is 344. The van der Waals surface area contributed by atoms with Crippen LogP contribution in [0, 0.1) is 11.6 Å². The molecule has 2 rings (SSSR count). The van der Waals surface area contributed by atoms with Crippen LogP contribution in [0.1, 0.15) is 30.9 Å². The predicted molar refractivity (Wildman–Crippen MR) is 63.4 cm³/mol. The van der Waals surface area contributed by atoms with E-state index in [1.54, 1.807) is 11.8 Å². The third-order valence-electron chi connectivity index (χ3n) is 2.95. The molecule has 0 amide bonds. The average Bonchev–Trinajstić information content (AvgIpc) is 2.30. The molecule has 0 spiro atoms. The minimum atomic E-state index is -0.536. The van der Waals surface area contributed by atoms with Gasteiger partial charge >= 0.3 is 0 Å². The van der Waals surface area contributed by atoms with Crippen molar-refractivity contribution in [2.24, 2.45) is 5.73 Å². The second-order valence-electron chi connectivity index (χ2n) is 4.07. The van der Waals surface area contributed by atoms with Crippen LogP contribution in [0.5, 0.6) is 0 Å². The maximum absolute atomic E-state index is 13.5. The van der Waals surface area contributed by atoms with E-state index in [0.717, 1.165) is 18.6 Å². The molecule has 0 bridgehead atoms. The quantitative estimate of drug-likeness (QED) is 0.863. The van der Waals surface area contributed by atoms with Gasteiger partial charge in [0.1, 0.15) is 11.6 Å². The third-order valence-corrected chi connectivity index (χ3v) is 4.43. The minimum Gasteiger partial charge on any atom is -0.323 e. The molecule has 88 valence electrons. The Labute approximate surface area is 98.4 Å². The van der Waals surface area contributed by atoms with Crippen LogP contribution in [-0.4, -0.2) is 11.0 Å². The van der Waals surface area contributed by atoms with E-state index < -0.39 is 17.7 Å². The lowest BCUT2D eigenvalue weighted by atomic mass is 9.99. The lowest BCUT2D eigenvalue weighted by Gasteiger charge is -2.27. The van der Waals surface area contributed by atoms with Crippen molar-refractivity contribution in [3.63, 3.8) is 0 Å². The maximum Gasteiger partial charge on any atom is 0.130 e. The summed E-state index contributed by atoms with van der Waals surface area (Å²) in [7, 11) is 0. The number of hydrogen-bond acceptors (Lipinski definition) is 2. The van der Waals surface area contributed by atoms with Gasteiger partial charge in [0.2, 0.25) is 0 Å². The lowest BCUT2D eigenvalue weighted by Crippen LogP contribution is -2.28. The molecule has 1 heterocycles. The van der Waals surface area contributed by atoms with Crippen molar-refractivity contribution >= 4 is 11.8 Å². The summed E-state index contributed by atoms with van der Waals surface area (Å²) >= 11 is 1.73. The van der Waals surface area contributed by atoms with Crippen molar-refractivity contribution in [2.75, 3.05) is 5.75 Å². The predicted octanol–water partition coefficient (Wildman–Crippen LogP) is 3.25. The van der Waals surface area contributed by atoms with Gasteiger partial charge in [0.05, 0.1) is 0 Å². The summed E-state index contributed by atoms with van der Waals surface area (Å²) in [4.78, 5) is 0. The van der Waals surface area contributed by atoms with E-state index in [1.807, 2.05) is 0 Å². The molecule has 1 aromatic carbocycles. The van der Waals surface area contributed by atoms with Crippen molar-refractivity contribution in [2.45, 2.75) is 30.6 Å². The van der Waals surface area contributed by atoms with Gasteiger partial charge in [0.25, 0.3) is 0 Å². The highest BCUT2D eigenvalue weighted by atomic mass is 32.2. The number of hydrogen-bond donors (Lipinski definition) is 1. The molecule has 0 radical (unpaired) electrons. The largest absolute Gasteiger partial charge is 0.323 e. The van der Waals surface area contributed by atoms with Gasteiger partial charge < -0.3 is 5.73 Å². The van der Waals surface area contributed by atoms with Gasteiger partial charge in [-0.25, -0.2) is 8.78 Å². The van der Waals surface area contributed by atoms with Crippen LogP contribution in [0.4, 0.5) is 8.78 Å². The third kappa shape index (κ3) is 2.38. The van der Waals surface area contributed by atoms with Crippen LogP contribution < -0.4 is 5.73 Å². The SMILES string of the molecule is NC(c1c(F)cccc1F)C1CCCCS1. The highest BCUT2D eigenvalue weighted by molar-refractivity contribution is 8.00. The molecule has 0 aromatic heterocycles. The van der Waals surface area contributed by atoms with Gasteiger partial charge in [-0.15, -0.1) is 0 Å². The maximum atomic E-state index is 13.5. The van der Waals surface area contributed by atoms with Crippen LogP contribution in [0.25, 0.3) is 0 Å². The van der Waals surface area contributed by atoms with E-state index in [-0.39, 0.29) is 10.8 Å². The highest BCUT2D eigenvalue weighted by Crippen LogP contribution is 2.35. The summed E-state index contributed by atoms with van der Waals surface area (Å²) < 4.78 is 27.1. The Morgan fingerprint density at radius 1 is 1.25 bits per heavy atom. The Hall–Kier alpha value is -0.610. The van der Waals surface area contributed by atoms with Crippen molar-refractivity contribution in [3.05, 3.63) is 35.4 Å². The molecule has 16 heavy (non-hydrogen) atoms. The molecular formula is C12H15F2NS. The van der Waals surface area contributed by atoms with Crippen LogP contribution in [0.2, 0.25) is 0 Å². The zero-order chi connectivity index (χ0) is 11.5. The van der Waals surface area contributed by atoms with Crippen molar-refractivity contribution in [1.29, 1.82) is 0 Å². The zero-order valence-corrected chi connectivity index (χ0v) is 9.77. The standard InChI is InChI=1S/C12H15F2NS/c13-8-4-3-5-9(14)11(8)12(15)10-6-1-2-7-16-10/h3-5,10,12H,1-2,6-7,15H2. The molecule has 1 aliphatic rings. The summed E-state index contributed by atoms with van der Waals surface area (Å²) in [5, 5.41) is 0.139. The molecule has 2 unspecified atom stereocenters. The van der Waals surface area contributed by atoms with Crippen LogP contribution in [0.15, 0.2) is 18.2 Å². The van der Waals surface area contributed by atoms with Crippen LogP contribution in [0.3, 0.4) is 0 Å². The second kappa shape index (κ2) is 5.15. The Morgan fingerprint density at radius 3 is 2.50 bits per heavy atom. The minimum absolute atomic E-state index is 0.0434. The van der Waals surface area contributed by atoms with Crippen molar-refractivity contribution in [1.82, 2.24) is 0 Å². The van der Waals surface area contributed by atoms with E-state index in [1.165, 1.54) is 24.6 Å². The Kier molecular flexibility index (Phi) is 3.82. The Morgan fingerprint density at radius 2 is 1.94 bits per heavy atom. The van der Waals surface area contributed by atoms with Gasteiger partial charge in [-0.3, -0.25) is 0 Å². The topological polar surface area (TPSA) is 26.0 Å². The van der Waals surface area contributed by atoms with Gasteiger partial charge in [-0.1, -0.05) is 12.5 Å². The number of halogens is 2.